The predicted molar refractivity (Wildman–Crippen MR) is 113 cm³/mol. The molecule has 0 radical (unpaired) electrons. The summed E-state index contributed by atoms with van der Waals surface area (Å²) in [6.45, 7) is 2.14. The zero-order valence-electron chi connectivity index (χ0n) is 15.2. The van der Waals surface area contributed by atoms with Crippen molar-refractivity contribution in [3.8, 4) is 0 Å². The molecule has 0 amide bonds. The van der Waals surface area contributed by atoms with Gasteiger partial charge in [0.2, 0.25) is 0 Å². The minimum absolute atomic E-state index is 0.393. The van der Waals surface area contributed by atoms with Crippen molar-refractivity contribution in [1.29, 1.82) is 0 Å². The summed E-state index contributed by atoms with van der Waals surface area (Å²) in [5, 5.41) is 0. The molecular formula is C26H19N. The zero-order chi connectivity index (χ0) is 18.2. The number of benzene rings is 2. The summed E-state index contributed by atoms with van der Waals surface area (Å²) in [5.41, 5.74) is 18.9. The Balaban J connectivity index is 1.66. The van der Waals surface area contributed by atoms with Crippen LogP contribution in [-0.4, -0.2) is 0 Å². The Labute approximate surface area is 159 Å². The van der Waals surface area contributed by atoms with Gasteiger partial charge in [-0.15, -0.1) is 0 Å². The first-order chi connectivity index (χ1) is 13.2. The van der Waals surface area contributed by atoms with Gasteiger partial charge in [0, 0.05) is 5.70 Å². The van der Waals surface area contributed by atoms with E-state index in [4.69, 9.17) is 5.73 Å². The smallest absolute Gasteiger partial charge is 0.0795 e. The normalized spacial score (nSPS) is 23.9. The van der Waals surface area contributed by atoms with Crippen molar-refractivity contribution in [2.75, 3.05) is 0 Å². The van der Waals surface area contributed by atoms with Gasteiger partial charge in [-0.05, 0) is 75.3 Å². The van der Waals surface area contributed by atoms with E-state index in [0.717, 1.165) is 11.3 Å². The van der Waals surface area contributed by atoms with Crippen LogP contribution in [0.3, 0.4) is 0 Å². The van der Waals surface area contributed by atoms with E-state index in [2.05, 4.69) is 91.9 Å². The summed E-state index contributed by atoms with van der Waals surface area (Å²) in [4.78, 5) is 0. The maximum absolute atomic E-state index is 6.84. The van der Waals surface area contributed by atoms with Crippen LogP contribution in [0.1, 0.15) is 29.2 Å². The monoisotopic (exact) mass is 345 g/mol. The van der Waals surface area contributed by atoms with Crippen molar-refractivity contribution in [1.82, 2.24) is 0 Å². The number of hydrogen-bond donors (Lipinski definition) is 1. The van der Waals surface area contributed by atoms with E-state index in [1.54, 1.807) is 0 Å². The van der Waals surface area contributed by atoms with Crippen molar-refractivity contribution >= 4 is 23.3 Å². The van der Waals surface area contributed by atoms with Gasteiger partial charge in [0.1, 0.15) is 0 Å². The topological polar surface area (TPSA) is 26.0 Å². The fraction of sp³-hybridized carbons (Fsp3) is 0.0769. The second kappa shape index (κ2) is 4.89. The molecule has 1 heteroatoms. The number of hydrogen-bond acceptors (Lipinski definition) is 1. The number of rotatable bonds is 0. The molecule has 2 N–H and O–H groups in total. The first-order valence-electron chi connectivity index (χ1n) is 9.42. The lowest BCUT2D eigenvalue weighted by atomic mass is 9.62. The van der Waals surface area contributed by atoms with E-state index >= 15 is 0 Å². The minimum atomic E-state index is -0.393. The van der Waals surface area contributed by atoms with Gasteiger partial charge in [-0.25, -0.2) is 0 Å². The van der Waals surface area contributed by atoms with E-state index in [9.17, 15) is 0 Å². The lowest BCUT2D eigenvalue weighted by Gasteiger charge is -2.41. The summed E-state index contributed by atoms with van der Waals surface area (Å²) in [6.07, 6.45) is 13.6. The van der Waals surface area contributed by atoms with Crippen molar-refractivity contribution in [2.24, 2.45) is 11.1 Å². The van der Waals surface area contributed by atoms with Crippen LogP contribution < -0.4 is 5.73 Å². The van der Waals surface area contributed by atoms with Gasteiger partial charge in [0.05, 0.1) is 5.41 Å². The summed E-state index contributed by atoms with van der Waals surface area (Å²) >= 11 is 0. The third kappa shape index (κ3) is 1.69. The summed E-state index contributed by atoms with van der Waals surface area (Å²) in [7, 11) is 0. The fourth-order valence-electron chi connectivity index (χ4n) is 5.08. The van der Waals surface area contributed by atoms with Crippen molar-refractivity contribution in [3.05, 3.63) is 118 Å². The molecule has 0 saturated carbocycles. The molecule has 128 valence electrons. The zero-order valence-corrected chi connectivity index (χ0v) is 15.2. The maximum atomic E-state index is 6.84. The number of nitrogens with two attached hydrogens (primary N) is 1. The molecule has 1 nitrogen and oxygen atoms in total. The Hall–Kier alpha value is -3.32. The van der Waals surface area contributed by atoms with Crippen LogP contribution >= 0.6 is 0 Å². The first-order valence-corrected chi connectivity index (χ1v) is 9.42. The van der Waals surface area contributed by atoms with Crippen LogP contribution in [0.25, 0.3) is 23.3 Å². The molecule has 0 bridgehead atoms. The van der Waals surface area contributed by atoms with E-state index < -0.39 is 5.41 Å². The SMILES string of the molecule is CC1=C(N)C2(C=CC=C3C2=Cc2ccccc23)C2=Cc3ccccc3C2=C1. The Bertz CT molecular complexity index is 1220. The molecule has 27 heavy (non-hydrogen) atoms. The molecule has 2 aromatic rings. The van der Waals surface area contributed by atoms with Crippen molar-refractivity contribution in [3.63, 3.8) is 0 Å². The van der Waals surface area contributed by atoms with E-state index in [1.807, 2.05) is 0 Å². The molecule has 0 saturated heterocycles. The van der Waals surface area contributed by atoms with Gasteiger partial charge in [0.25, 0.3) is 0 Å². The molecule has 1 spiro atoms. The van der Waals surface area contributed by atoms with Crippen LogP contribution in [0, 0.1) is 5.41 Å². The molecule has 0 fully saturated rings. The predicted octanol–water partition coefficient (Wildman–Crippen LogP) is 5.75. The second-order valence-corrected chi connectivity index (χ2v) is 7.69. The van der Waals surface area contributed by atoms with Crippen LogP contribution in [0.2, 0.25) is 0 Å². The number of fused-ring (bicyclic) bond motifs is 8. The molecular weight excluding hydrogens is 326 g/mol. The Morgan fingerprint density at radius 3 is 2.04 bits per heavy atom. The molecule has 0 aliphatic heterocycles. The van der Waals surface area contributed by atoms with Gasteiger partial charge in [0.15, 0.2) is 0 Å². The Morgan fingerprint density at radius 2 is 1.33 bits per heavy atom. The standard InChI is InChI=1S/C26H19N/c1-16-13-22-20-10-5-3-8-18(20)15-24(22)26(25(16)27)12-6-11-21-19-9-4-2-7-17(19)14-23(21)26/h2-15H,27H2,1H3. The molecule has 1 unspecified atom stereocenters. The Kier molecular flexibility index (Phi) is 2.68. The van der Waals surface area contributed by atoms with E-state index in [-0.39, 0.29) is 0 Å². The molecule has 0 aromatic heterocycles. The molecule has 2 aromatic carbocycles. The first kappa shape index (κ1) is 14.8. The van der Waals surface area contributed by atoms with Gasteiger partial charge in [-0.2, -0.15) is 0 Å². The molecule has 4 aliphatic rings. The molecule has 1 atom stereocenters. The lowest BCUT2D eigenvalue weighted by molar-refractivity contribution is 0.676. The van der Waals surface area contributed by atoms with Gasteiger partial charge < -0.3 is 5.73 Å². The summed E-state index contributed by atoms with van der Waals surface area (Å²) in [5.74, 6) is 0. The average molecular weight is 345 g/mol. The highest BCUT2D eigenvalue weighted by Crippen LogP contribution is 2.61. The fourth-order valence-corrected chi connectivity index (χ4v) is 5.08. The highest BCUT2D eigenvalue weighted by atomic mass is 14.7. The highest BCUT2D eigenvalue weighted by molar-refractivity contribution is 6.06. The van der Waals surface area contributed by atoms with E-state index in [1.165, 1.54) is 44.5 Å². The number of allylic oxidation sites excluding steroid dienone is 7. The Morgan fingerprint density at radius 1 is 0.741 bits per heavy atom. The largest absolute Gasteiger partial charge is 0.401 e. The van der Waals surface area contributed by atoms with Gasteiger partial charge >= 0.3 is 0 Å². The summed E-state index contributed by atoms with van der Waals surface area (Å²) < 4.78 is 0. The molecule has 4 aliphatic carbocycles. The van der Waals surface area contributed by atoms with Crippen LogP contribution in [0.15, 0.2) is 95.3 Å². The van der Waals surface area contributed by atoms with Crippen molar-refractivity contribution < 1.29 is 0 Å². The van der Waals surface area contributed by atoms with Crippen LogP contribution in [0.4, 0.5) is 0 Å². The molecule has 0 heterocycles. The average Bonchev–Trinajstić information content (AvgIpc) is 3.26. The minimum Gasteiger partial charge on any atom is -0.401 e. The second-order valence-electron chi connectivity index (χ2n) is 7.69. The lowest BCUT2D eigenvalue weighted by Crippen LogP contribution is -2.34. The van der Waals surface area contributed by atoms with Crippen LogP contribution in [-0.2, 0) is 0 Å². The maximum Gasteiger partial charge on any atom is 0.0795 e. The summed E-state index contributed by atoms with van der Waals surface area (Å²) in [6, 6.07) is 17.3. The highest BCUT2D eigenvalue weighted by Gasteiger charge is 2.48. The third-order valence-corrected chi connectivity index (χ3v) is 6.35. The molecule has 6 rings (SSSR count). The third-order valence-electron chi connectivity index (χ3n) is 6.35. The van der Waals surface area contributed by atoms with Gasteiger partial charge in [-0.1, -0.05) is 66.8 Å². The van der Waals surface area contributed by atoms with Gasteiger partial charge in [-0.3, -0.25) is 0 Å². The van der Waals surface area contributed by atoms with Crippen molar-refractivity contribution in [2.45, 2.75) is 6.92 Å². The van der Waals surface area contributed by atoms with E-state index in [0.29, 0.717) is 0 Å². The quantitative estimate of drug-likeness (QED) is 0.646. The van der Waals surface area contributed by atoms with Crippen LogP contribution in [0.5, 0.6) is 0 Å².